The minimum Gasteiger partial charge on any atom is -0.493 e. The van der Waals surface area contributed by atoms with Crippen molar-refractivity contribution >= 4 is 29.1 Å². The van der Waals surface area contributed by atoms with Gasteiger partial charge < -0.3 is 14.8 Å². The van der Waals surface area contributed by atoms with Crippen LogP contribution in [0.4, 0.5) is 0 Å². The smallest absolute Gasteiger partial charge is 0.220 e. The summed E-state index contributed by atoms with van der Waals surface area (Å²) in [5.41, 5.74) is 1.87. The van der Waals surface area contributed by atoms with E-state index in [4.69, 9.17) is 39.1 Å². The van der Waals surface area contributed by atoms with Crippen molar-refractivity contribution in [3.8, 4) is 23.8 Å². The summed E-state index contributed by atoms with van der Waals surface area (Å²) in [4.78, 5) is 12.3. The molecule has 27 heavy (non-hydrogen) atoms. The minimum atomic E-state index is -0.165. The molecule has 0 bridgehead atoms. The van der Waals surface area contributed by atoms with E-state index in [9.17, 15) is 4.79 Å². The molecule has 2 aromatic rings. The Morgan fingerprint density at radius 1 is 1.19 bits per heavy atom. The van der Waals surface area contributed by atoms with E-state index in [0.717, 1.165) is 11.1 Å². The molecule has 1 N–H and O–H groups in total. The maximum absolute atomic E-state index is 12.3. The van der Waals surface area contributed by atoms with Gasteiger partial charge in [-0.15, -0.1) is 6.42 Å². The van der Waals surface area contributed by atoms with Crippen LogP contribution in [-0.2, 0) is 11.2 Å². The molecule has 142 valence electrons. The minimum absolute atomic E-state index is 0.0554. The Balaban J connectivity index is 1.92. The van der Waals surface area contributed by atoms with E-state index in [0.29, 0.717) is 34.4 Å². The number of amides is 1. The molecule has 0 aliphatic rings. The molecule has 2 rings (SSSR count). The number of hydrogen-bond acceptors (Lipinski definition) is 3. The van der Waals surface area contributed by atoms with Crippen LogP contribution in [0.5, 0.6) is 11.5 Å². The fourth-order valence-electron chi connectivity index (χ4n) is 2.54. The van der Waals surface area contributed by atoms with Crippen LogP contribution in [0.1, 0.15) is 30.5 Å². The van der Waals surface area contributed by atoms with E-state index in [1.54, 1.807) is 25.3 Å². The Labute approximate surface area is 169 Å². The summed E-state index contributed by atoms with van der Waals surface area (Å²) in [5, 5.41) is 3.92. The van der Waals surface area contributed by atoms with Crippen molar-refractivity contribution in [2.75, 3.05) is 13.7 Å². The van der Waals surface area contributed by atoms with E-state index in [1.807, 2.05) is 25.1 Å². The molecule has 0 saturated heterocycles. The molecule has 6 heteroatoms. The standard InChI is InChI=1S/C21H21Cl2NO3/c1-4-11-27-19-9-5-15(12-20(19)26-3)6-10-21(25)24-14(2)16-7-8-17(22)18(23)13-16/h1,5,7-9,12-14H,6,10-11H2,2-3H3,(H,24,25). The first kappa shape index (κ1) is 21.0. The van der Waals surface area contributed by atoms with Crippen molar-refractivity contribution in [2.24, 2.45) is 0 Å². The van der Waals surface area contributed by atoms with Gasteiger partial charge in [0.15, 0.2) is 11.5 Å². The summed E-state index contributed by atoms with van der Waals surface area (Å²) < 4.78 is 10.7. The van der Waals surface area contributed by atoms with Crippen LogP contribution >= 0.6 is 23.2 Å². The third-order valence-corrected chi connectivity index (χ3v) is 4.74. The highest BCUT2D eigenvalue weighted by Gasteiger charge is 2.12. The van der Waals surface area contributed by atoms with Crippen LogP contribution in [0.15, 0.2) is 36.4 Å². The Hall–Kier alpha value is -2.35. The van der Waals surface area contributed by atoms with Gasteiger partial charge in [-0.2, -0.15) is 0 Å². The lowest BCUT2D eigenvalue weighted by Crippen LogP contribution is -2.26. The molecular weight excluding hydrogens is 385 g/mol. The number of ether oxygens (including phenoxy) is 2. The zero-order valence-corrected chi connectivity index (χ0v) is 16.7. The highest BCUT2D eigenvalue weighted by molar-refractivity contribution is 6.42. The number of rotatable bonds is 8. The number of aryl methyl sites for hydroxylation is 1. The first-order valence-electron chi connectivity index (χ1n) is 8.42. The summed E-state index contributed by atoms with van der Waals surface area (Å²) in [7, 11) is 1.56. The zero-order chi connectivity index (χ0) is 19.8. The molecule has 0 spiro atoms. The number of benzene rings is 2. The molecule has 0 aliphatic carbocycles. The van der Waals surface area contributed by atoms with Gasteiger partial charge in [0.2, 0.25) is 5.91 Å². The Kier molecular flexibility index (Phi) is 7.84. The van der Waals surface area contributed by atoms with Gasteiger partial charge in [0, 0.05) is 6.42 Å². The topological polar surface area (TPSA) is 47.6 Å². The highest BCUT2D eigenvalue weighted by Crippen LogP contribution is 2.29. The number of nitrogens with one attached hydrogen (secondary N) is 1. The van der Waals surface area contributed by atoms with E-state index in [1.165, 1.54) is 0 Å². The lowest BCUT2D eigenvalue weighted by molar-refractivity contribution is -0.121. The largest absolute Gasteiger partial charge is 0.493 e. The average Bonchev–Trinajstić information content (AvgIpc) is 2.67. The first-order valence-corrected chi connectivity index (χ1v) is 9.17. The summed E-state index contributed by atoms with van der Waals surface area (Å²) in [5.74, 6) is 3.53. The van der Waals surface area contributed by atoms with Crippen molar-refractivity contribution in [3.63, 3.8) is 0 Å². The van der Waals surface area contributed by atoms with E-state index >= 15 is 0 Å². The Morgan fingerprint density at radius 3 is 2.63 bits per heavy atom. The molecule has 1 amide bonds. The summed E-state index contributed by atoms with van der Waals surface area (Å²) in [6, 6.07) is 10.7. The molecule has 4 nitrogen and oxygen atoms in total. The third-order valence-electron chi connectivity index (χ3n) is 4.00. The molecule has 0 aromatic heterocycles. The number of terminal acetylenes is 1. The van der Waals surface area contributed by atoms with Gasteiger partial charge in [-0.3, -0.25) is 4.79 Å². The van der Waals surface area contributed by atoms with Gasteiger partial charge in [-0.1, -0.05) is 41.3 Å². The van der Waals surface area contributed by atoms with E-state index < -0.39 is 0 Å². The Morgan fingerprint density at radius 2 is 1.96 bits per heavy atom. The van der Waals surface area contributed by atoms with Crippen molar-refractivity contribution in [1.29, 1.82) is 0 Å². The van der Waals surface area contributed by atoms with Gasteiger partial charge in [-0.05, 0) is 48.7 Å². The molecule has 1 unspecified atom stereocenters. The van der Waals surface area contributed by atoms with Gasteiger partial charge >= 0.3 is 0 Å². The molecule has 2 aromatic carbocycles. The van der Waals surface area contributed by atoms with Crippen LogP contribution in [0.2, 0.25) is 10.0 Å². The fraction of sp³-hybridized carbons (Fsp3) is 0.286. The number of carbonyl (C=O) groups is 1. The van der Waals surface area contributed by atoms with Crippen LogP contribution in [-0.4, -0.2) is 19.6 Å². The van der Waals surface area contributed by atoms with Crippen LogP contribution < -0.4 is 14.8 Å². The van der Waals surface area contributed by atoms with Gasteiger partial charge in [0.1, 0.15) is 6.61 Å². The average molecular weight is 406 g/mol. The molecular formula is C21H21Cl2NO3. The predicted molar refractivity (Wildman–Crippen MR) is 109 cm³/mol. The Bertz CT molecular complexity index is 846. The van der Waals surface area contributed by atoms with Crippen molar-refractivity contribution in [2.45, 2.75) is 25.8 Å². The second-order valence-electron chi connectivity index (χ2n) is 5.94. The molecule has 0 radical (unpaired) electrons. The summed E-state index contributed by atoms with van der Waals surface area (Å²) in [6.07, 6.45) is 6.12. The molecule has 0 saturated carbocycles. The summed E-state index contributed by atoms with van der Waals surface area (Å²) >= 11 is 12.0. The van der Waals surface area contributed by atoms with E-state index in [-0.39, 0.29) is 18.6 Å². The quantitative estimate of drug-likeness (QED) is 0.640. The summed E-state index contributed by atoms with van der Waals surface area (Å²) in [6.45, 7) is 2.07. The molecule has 0 aliphatic heterocycles. The van der Waals surface area contributed by atoms with Crippen LogP contribution in [0, 0.1) is 12.3 Å². The van der Waals surface area contributed by atoms with Crippen molar-refractivity contribution in [1.82, 2.24) is 5.32 Å². The normalized spacial score (nSPS) is 11.4. The zero-order valence-electron chi connectivity index (χ0n) is 15.2. The van der Waals surface area contributed by atoms with Crippen molar-refractivity contribution in [3.05, 3.63) is 57.6 Å². The lowest BCUT2D eigenvalue weighted by Gasteiger charge is -2.15. The van der Waals surface area contributed by atoms with Crippen LogP contribution in [0.25, 0.3) is 0 Å². The van der Waals surface area contributed by atoms with Gasteiger partial charge in [0.05, 0.1) is 23.2 Å². The predicted octanol–water partition coefficient (Wildman–Crippen LogP) is 4.82. The first-order chi connectivity index (χ1) is 12.9. The number of hydrogen-bond donors (Lipinski definition) is 1. The lowest BCUT2D eigenvalue weighted by atomic mass is 10.1. The maximum atomic E-state index is 12.3. The fourth-order valence-corrected chi connectivity index (χ4v) is 2.85. The number of methoxy groups -OCH3 is 1. The molecule has 0 fully saturated rings. The monoisotopic (exact) mass is 405 g/mol. The van der Waals surface area contributed by atoms with E-state index in [2.05, 4.69) is 11.2 Å². The second-order valence-corrected chi connectivity index (χ2v) is 6.76. The maximum Gasteiger partial charge on any atom is 0.220 e. The number of halogens is 2. The molecule has 1 atom stereocenters. The SMILES string of the molecule is C#CCOc1ccc(CCC(=O)NC(C)c2ccc(Cl)c(Cl)c2)cc1OC. The van der Waals surface area contributed by atoms with Gasteiger partial charge in [-0.25, -0.2) is 0 Å². The third kappa shape index (κ3) is 6.09. The van der Waals surface area contributed by atoms with Crippen molar-refractivity contribution < 1.29 is 14.3 Å². The van der Waals surface area contributed by atoms with Crippen LogP contribution in [0.3, 0.4) is 0 Å². The second kappa shape index (κ2) is 10.1. The molecule has 0 heterocycles. The highest BCUT2D eigenvalue weighted by atomic mass is 35.5. The van der Waals surface area contributed by atoms with Gasteiger partial charge in [0.25, 0.3) is 0 Å². The number of carbonyl (C=O) groups excluding carboxylic acids is 1.